The third-order valence-corrected chi connectivity index (χ3v) is 6.89. The molecule has 34 heavy (non-hydrogen) atoms. The molecule has 1 atom stereocenters. The summed E-state index contributed by atoms with van der Waals surface area (Å²) in [5.74, 6) is 0.571. The van der Waals surface area contributed by atoms with E-state index in [1.54, 1.807) is 35.5 Å². The summed E-state index contributed by atoms with van der Waals surface area (Å²) in [6.07, 6.45) is 0.738. The van der Waals surface area contributed by atoms with Gasteiger partial charge >= 0.3 is 6.03 Å². The number of hydrogen-bond donors (Lipinski definition) is 1. The number of urea groups is 1. The van der Waals surface area contributed by atoms with Gasteiger partial charge in [-0.3, -0.25) is 4.79 Å². The van der Waals surface area contributed by atoms with Gasteiger partial charge in [0, 0.05) is 29.2 Å². The van der Waals surface area contributed by atoms with Gasteiger partial charge in [-0.15, -0.1) is 11.3 Å². The molecule has 1 N–H and O–H groups in total. The van der Waals surface area contributed by atoms with Gasteiger partial charge in [0.05, 0.1) is 13.7 Å². The topological polar surface area (TPSA) is 61.9 Å². The largest absolute Gasteiger partial charge is 0.497 e. The van der Waals surface area contributed by atoms with Crippen LogP contribution in [0.5, 0.6) is 5.75 Å². The minimum atomic E-state index is -0.303. The lowest BCUT2D eigenvalue weighted by Crippen LogP contribution is -2.47. The molecule has 6 nitrogen and oxygen atoms in total. The number of ether oxygens (including phenoxy) is 1. The van der Waals surface area contributed by atoms with Gasteiger partial charge in [-0.1, -0.05) is 43.3 Å². The maximum absolute atomic E-state index is 13.6. The Morgan fingerprint density at radius 2 is 1.82 bits per heavy atom. The molecule has 1 aromatic heterocycles. The number of benzene rings is 2. The molecule has 3 amide bonds. The molecule has 0 saturated carbocycles. The quantitative estimate of drug-likeness (QED) is 0.392. The van der Waals surface area contributed by atoms with E-state index >= 15 is 0 Å². The van der Waals surface area contributed by atoms with Crippen LogP contribution in [-0.4, -0.2) is 41.4 Å². The summed E-state index contributed by atoms with van der Waals surface area (Å²) in [5, 5.41) is 4.96. The Hall–Kier alpha value is -3.32. The normalized spacial score (nSPS) is 11.5. The highest BCUT2D eigenvalue weighted by Gasteiger charge is 2.25. The zero-order valence-corrected chi connectivity index (χ0v) is 21.1. The number of thiophene rings is 1. The molecule has 0 radical (unpaired) electrons. The molecule has 1 heterocycles. The Morgan fingerprint density at radius 1 is 1.06 bits per heavy atom. The number of amides is 3. The molecule has 0 saturated heterocycles. The summed E-state index contributed by atoms with van der Waals surface area (Å²) in [4.78, 5) is 31.4. The van der Waals surface area contributed by atoms with Gasteiger partial charge in [-0.2, -0.15) is 0 Å². The van der Waals surface area contributed by atoms with E-state index in [1.165, 1.54) is 5.56 Å². The van der Waals surface area contributed by atoms with E-state index in [1.807, 2.05) is 66.6 Å². The molecule has 0 fully saturated rings. The standard InChI is InChI=1S/C27H33N3O3S/c1-5-21(3)30(27(32)28-23-12-9-13-24(16-23)33-4)19-26(31)29(17-22-10-7-6-8-11-22)18-25-20(2)14-15-34-25/h6-16,21H,5,17-19H2,1-4H3,(H,28,32). The van der Waals surface area contributed by atoms with Crippen molar-refractivity contribution in [3.8, 4) is 5.75 Å². The number of rotatable bonds is 10. The second-order valence-electron chi connectivity index (χ2n) is 8.31. The first-order chi connectivity index (χ1) is 16.4. The summed E-state index contributed by atoms with van der Waals surface area (Å²) >= 11 is 1.65. The number of hydrogen-bond acceptors (Lipinski definition) is 4. The van der Waals surface area contributed by atoms with Crippen molar-refractivity contribution >= 4 is 29.0 Å². The molecule has 0 aliphatic heterocycles. The molecular formula is C27H33N3O3S. The van der Waals surface area contributed by atoms with E-state index < -0.39 is 0 Å². The molecule has 180 valence electrons. The predicted molar refractivity (Wildman–Crippen MR) is 138 cm³/mol. The van der Waals surface area contributed by atoms with Crippen LogP contribution in [0.3, 0.4) is 0 Å². The molecule has 0 bridgehead atoms. The molecule has 2 aromatic carbocycles. The number of carbonyl (C=O) groups excluding carboxylic acids is 2. The van der Waals surface area contributed by atoms with Crippen molar-refractivity contribution in [2.24, 2.45) is 0 Å². The van der Waals surface area contributed by atoms with Crippen molar-refractivity contribution in [3.05, 3.63) is 82.0 Å². The molecule has 0 spiro atoms. The van der Waals surface area contributed by atoms with Crippen LogP contribution < -0.4 is 10.1 Å². The number of methoxy groups -OCH3 is 1. The average Bonchev–Trinajstić information content (AvgIpc) is 3.26. The van der Waals surface area contributed by atoms with Crippen LogP contribution >= 0.6 is 11.3 Å². The van der Waals surface area contributed by atoms with Gasteiger partial charge in [0.2, 0.25) is 5.91 Å². The predicted octanol–water partition coefficient (Wildman–Crippen LogP) is 5.93. The van der Waals surface area contributed by atoms with Crippen LogP contribution in [0.25, 0.3) is 0 Å². The molecule has 3 rings (SSSR count). The SMILES string of the molecule is CCC(C)N(CC(=O)N(Cc1ccccc1)Cc1sccc1C)C(=O)Nc1cccc(OC)c1. The lowest BCUT2D eigenvalue weighted by atomic mass is 10.2. The number of aryl methyl sites for hydroxylation is 1. The van der Waals surface area contributed by atoms with E-state index in [9.17, 15) is 9.59 Å². The number of carbonyl (C=O) groups is 2. The van der Waals surface area contributed by atoms with Gasteiger partial charge < -0.3 is 19.9 Å². The van der Waals surface area contributed by atoms with E-state index in [4.69, 9.17) is 4.74 Å². The fourth-order valence-electron chi connectivity index (χ4n) is 3.57. The van der Waals surface area contributed by atoms with E-state index in [0.29, 0.717) is 24.5 Å². The van der Waals surface area contributed by atoms with Gasteiger partial charge in [0.25, 0.3) is 0 Å². The third-order valence-electron chi connectivity index (χ3n) is 5.88. The lowest BCUT2D eigenvalue weighted by Gasteiger charge is -2.31. The summed E-state index contributed by atoms with van der Waals surface area (Å²) in [6.45, 7) is 7.04. The summed E-state index contributed by atoms with van der Waals surface area (Å²) < 4.78 is 5.25. The van der Waals surface area contributed by atoms with Gasteiger partial charge in [-0.25, -0.2) is 4.79 Å². The molecule has 0 aliphatic rings. The van der Waals surface area contributed by atoms with Crippen LogP contribution in [0, 0.1) is 6.92 Å². The van der Waals surface area contributed by atoms with Crippen LogP contribution in [0.1, 0.15) is 36.3 Å². The maximum Gasteiger partial charge on any atom is 0.322 e. The average molecular weight is 480 g/mol. The smallest absolute Gasteiger partial charge is 0.322 e. The van der Waals surface area contributed by atoms with Gasteiger partial charge in [-0.05, 0) is 55.0 Å². The lowest BCUT2D eigenvalue weighted by molar-refractivity contribution is -0.133. The fraction of sp³-hybridized carbons (Fsp3) is 0.333. The molecule has 3 aromatic rings. The van der Waals surface area contributed by atoms with Crippen molar-refractivity contribution in [2.45, 2.75) is 46.3 Å². The minimum absolute atomic E-state index is 0.00205. The van der Waals surface area contributed by atoms with Crippen molar-refractivity contribution in [1.29, 1.82) is 0 Å². The minimum Gasteiger partial charge on any atom is -0.497 e. The van der Waals surface area contributed by atoms with Crippen molar-refractivity contribution in [3.63, 3.8) is 0 Å². The zero-order chi connectivity index (χ0) is 24.5. The number of anilines is 1. The number of nitrogens with one attached hydrogen (secondary N) is 1. The van der Waals surface area contributed by atoms with Crippen molar-refractivity contribution in [1.82, 2.24) is 9.80 Å². The first-order valence-electron chi connectivity index (χ1n) is 11.5. The highest BCUT2D eigenvalue weighted by atomic mass is 32.1. The highest BCUT2D eigenvalue weighted by Crippen LogP contribution is 2.21. The first kappa shape index (κ1) is 25.3. The Labute approximate surface area is 206 Å². The Morgan fingerprint density at radius 3 is 2.47 bits per heavy atom. The van der Waals surface area contributed by atoms with Crippen LogP contribution in [0.2, 0.25) is 0 Å². The summed E-state index contributed by atoms with van der Waals surface area (Å²) in [7, 11) is 1.59. The molecular weight excluding hydrogens is 446 g/mol. The van der Waals surface area contributed by atoms with E-state index in [2.05, 4.69) is 18.3 Å². The van der Waals surface area contributed by atoms with Crippen LogP contribution in [-0.2, 0) is 17.9 Å². The molecule has 0 aliphatic carbocycles. The fourth-order valence-corrected chi connectivity index (χ4v) is 4.49. The van der Waals surface area contributed by atoms with E-state index in [-0.39, 0.29) is 24.5 Å². The molecule has 7 heteroatoms. The monoisotopic (exact) mass is 479 g/mol. The van der Waals surface area contributed by atoms with Crippen LogP contribution in [0.4, 0.5) is 10.5 Å². The Balaban J connectivity index is 1.79. The van der Waals surface area contributed by atoms with E-state index in [0.717, 1.165) is 16.9 Å². The summed E-state index contributed by atoms with van der Waals surface area (Å²) in [6, 6.07) is 18.8. The van der Waals surface area contributed by atoms with Crippen molar-refractivity contribution in [2.75, 3.05) is 19.0 Å². The zero-order valence-electron chi connectivity index (χ0n) is 20.3. The first-order valence-corrected chi connectivity index (χ1v) is 12.4. The molecule has 1 unspecified atom stereocenters. The second kappa shape index (κ2) is 12.2. The number of nitrogens with zero attached hydrogens (tertiary/aromatic N) is 2. The Bertz CT molecular complexity index is 1080. The highest BCUT2D eigenvalue weighted by molar-refractivity contribution is 7.10. The second-order valence-corrected chi connectivity index (χ2v) is 9.31. The van der Waals surface area contributed by atoms with Crippen LogP contribution in [0.15, 0.2) is 66.0 Å². The maximum atomic E-state index is 13.6. The third kappa shape index (κ3) is 6.84. The van der Waals surface area contributed by atoms with Gasteiger partial charge in [0.1, 0.15) is 12.3 Å². The van der Waals surface area contributed by atoms with Gasteiger partial charge in [0.15, 0.2) is 0 Å². The Kier molecular flexibility index (Phi) is 9.10. The summed E-state index contributed by atoms with van der Waals surface area (Å²) in [5.41, 5.74) is 2.85. The van der Waals surface area contributed by atoms with Crippen molar-refractivity contribution < 1.29 is 14.3 Å².